The quantitative estimate of drug-likeness (QED) is 0.737. The van der Waals surface area contributed by atoms with Gasteiger partial charge in [0.1, 0.15) is 18.9 Å². The average Bonchev–Trinajstić information content (AvgIpc) is 2.47. The molecule has 0 saturated carbocycles. The van der Waals surface area contributed by atoms with E-state index in [1.807, 2.05) is 0 Å². The number of carbonyl (C=O) groups is 2. The van der Waals surface area contributed by atoms with Crippen LogP contribution in [0.2, 0.25) is 0 Å². The second-order valence-electron chi connectivity index (χ2n) is 6.09. The number of Topliss-reactive ketones (excluding diaryl/α,β-unsaturated/α-hetero) is 2. The van der Waals surface area contributed by atoms with Crippen LogP contribution in [-0.2, 0) is 24.0 Å². The number of hydrogen-bond donors (Lipinski definition) is 0. The van der Waals surface area contributed by atoms with Crippen LogP contribution in [0.15, 0.2) is 35.2 Å². The number of hydroxylamine groups is 3. The lowest BCUT2D eigenvalue weighted by Gasteiger charge is -2.38. The van der Waals surface area contributed by atoms with E-state index in [9.17, 15) is 18.0 Å². The Hall–Kier alpha value is -1.57. The van der Waals surface area contributed by atoms with Gasteiger partial charge in [0.15, 0.2) is 12.3 Å². The summed E-state index contributed by atoms with van der Waals surface area (Å²) in [6.07, 6.45) is 1.04. The van der Waals surface area contributed by atoms with Gasteiger partial charge < -0.3 is 0 Å². The second-order valence-corrected chi connectivity index (χ2v) is 7.62. The van der Waals surface area contributed by atoms with Crippen molar-refractivity contribution in [2.24, 2.45) is 5.92 Å². The fourth-order valence-electron chi connectivity index (χ4n) is 2.95. The van der Waals surface area contributed by atoms with Crippen LogP contribution in [0, 0.1) is 5.92 Å². The summed E-state index contributed by atoms with van der Waals surface area (Å²) in [5.74, 6) is -0.137. The molecule has 2 rings (SSSR count). The van der Waals surface area contributed by atoms with Crippen molar-refractivity contribution in [2.75, 3.05) is 19.6 Å². The average molecular weight is 340 g/mol. The zero-order chi connectivity index (χ0) is 17.1. The Labute approximate surface area is 136 Å². The standard InChI is InChI=1S/C16H22NO5S/c1-13(18)12-17(10-8-15(9-11-17)14(2)19)22-23(20,21)16-6-4-3-5-7-16/h3-7,15H,8-12H2,1-2H3/q+1. The molecular formula is C16H22NO5S+. The molecule has 1 fully saturated rings. The Balaban J connectivity index is 2.23. The lowest BCUT2D eigenvalue weighted by Crippen LogP contribution is -2.56. The van der Waals surface area contributed by atoms with Crippen molar-refractivity contribution < 1.29 is 26.9 Å². The zero-order valence-electron chi connectivity index (χ0n) is 13.4. The molecule has 1 heterocycles. The largest absolute Gasteiger partial charge is 0.342 e. The van der Waals surface area contributed by atoms with E-state index in [1.165, 1.54) is 26.0 Å². The molecule has 0 amide bonds. The molecule has 1 aromatic rings. The first-order valence-corrected chi connectivity index (χ1v) is 9.02. The van der Waals surface area contributed by atoms with Gasteiger partial charge in [-0.05, 0) is 19.1 Å². The number of quaternary nitrogens is 1. The van der Waals surface area contributed by atoms with Gasteiger partial charge in [-0.1, -0.05) is 22.5 Å². The van der Waals surface area contributed by atoms with Crippen LogP contribution >= 0.6 is 0 Å². The predicted molar refractivity (Wildman–Crippen MR) is 83.7 cm³/mol. The molecule has 1 aliphatic heterocycles. The minimum absolute atomic E-state index is 0.0172. The number of piperidine rings is 1. The van der Waals surface area contributed by atoms with Crippen LogP contribution in [0.1, 0.15) is 26.7 Å². The van der Waals surface area contributed by atoms with E-state index < -0.39 is 10.1 Å². The van der Waals surface area contributed by atoms with E-state index in [-0.39, 0.29) is 33.6 Å². The Morgan fingerprint density at radius 3 is 2.17 bits per heavy atom. The fourth-order valence-corrected chi connectivity index (χ4v) is 4.14. The SMILES string of the molecule is CC(=O)C[N+]1(OS(=O)(=O)c2ccccc2)CCC(C(C)=O)CC1. The van der Waals surface area contributed by atoms with Crippen LogP contribution in [0.25, 0.3) is 0 Å². The molecule has 1 aromatic carbocycles. The van der Waals surface area contributed by atoms with Gasteiger partial charge in [0.2, 0.25) is 0 Å². The summed E-state index contributed by atoms with van der Waals surface area (Å²) in [6, 6.07) is 7.88. The molecule has 0 aromatic heterocycles. The predicted octanol–water partition coefficient (Wildman–Crippen LogP) is 1.71. The third kappa shape index (κ3) is 4.46. The summed E-state index contributed by atoms with van der Waals surface area (Å²) in [5, 5.41) is 0. The van der Waals surface area contributed by atoms with E-state index in [0.29, 0.717) is 25.9 Å². The number of carbonyl (C=O) groups excluding carboxylic acids is 2. The molecule has 126 valence electrons. The van der Waals surface area contributed by atoms with Crippen molar-refractivity contribution >= 4 is 21.7 Å². The molecule has 7 heteroatoms. The van der Waals surface area contributed by atoms with Crippen molar-refractivity contribution in [3.63, 3.8) is 0 Å². The number of rotatable bonds is 6. The molecule has 0 N–H and O–H groups in total. The van der Waals surface area contributed by atoms with Crippen LogP contribution in [0.5, 0.6) is 0 Å². The van der Waals surface area contributed by atoms with E-state index in [0.717, 1.165) is 0 Å². The highest BCUT2D eigenvalue weighted by Gasteiger charge is 2.42. The summed E-state index contributed by atoms with van der Waals surface area (Å²) in [4.78, 5) is 23.2. The van der Waals surface area contributed by atoms with Crippen LogP contribution in [0.4, 0.5) is 0 Å². The van der Waals surface area contributed by atoms with Crippen LogP contribution in [0.3, 0.4) is 0 Å². The van der Waals surface area contributed by atoms with Gasteiger partial charge in [-0.2, -0.15) is 13.1 Å². The smallest absolute Gasteiger partial charge is 0.300 e. The van der Waals surface area contributed by atoms with Gasteiger partial charge in [0.05, 0.1) is 4.90 Å². The fraction of sp³-hybridized carbons (Fsp3) is 0.500. The maximum absolute atomic E-state index is 12.5. The Morgan fingerprint density at radius 1 is 1.13 bits per heavy atom. The molecular weight excluding hydrogens is 318 g/mol. The van der Waals surface area contributed by atoms with Crippen molar-refractivity contribution in [1.82, 2.24) is 0 Å². The number of nitrogens with zero attached hydrogens (tertiary/aromatic N) is 1. The summed E-state index contributed by atoms with van der Waals surface area (Å²) in [6.45, 7) is 3.59. The molecule has 0 spiro atoms. The molecule has 0 bridgehead atoms. The Bertz CT molecular complexity index is 676. The van der Waals surface area contributed by atoms with Crippen LogP contribution < -0.4 is 0 Å². The maximum atomic E-state index is 12.5. The number of benzene rings is 1. The first-order valence-electron chi connectivity index (χ1n) is 7.61. The first-order chi connectivity index (χ1) is 10.7. The normalized spacial score (nSPS) is 25.0. The third-order valence-electron chi connectivity index (χ3n) is 4.14. The molecule has 0 aliphatic carbocycles. The van der Waals surface area contributed by atoms with E-state index in [4.69, 9.17) is 4.28 Å². The summed E-state index contributed by atoms with van der Waals surface area (Å²) in [7, 11) is -3.97. The highest BCUT2D eigenvalue weighted by Crippen LogP contribution is 2.28. The van der Waals surface area contributed by atoms with E-state index in [1.54, 1.807) is 18.2 Å². The van der Waals surface area contributed by atoms with Gasteiger partial charge in [-0.25, -0.2) is 0 Å². The van der Waals surface area contributed by atoms with Gasteiger partial charge in [0.25, 0.3) is 0 Å². The minimum atomic E-state index is -3.97. The number of hydrogen-bond acceptors (Lipinski definition) is 5. The molecule has 0 radical (unpaired) electrons. The highest BCUT2D eigenvalue weighted by molar-refractivity contribution is 7.86. The monoisotopic (exact) mass is 340 g/mol. The Kier molecular flexibility index (Phi) is 5.33. The topological polar surface area (TPSA) is 77.5 Å². The van der Waals surface area contributed by atoms with Gasteiger partial charge >= 0.3 is 10.1 Å². The summed E-state index contributed by atoms with van der Waals surface area (Å²) in [5.41, 5.74) is 0. The first kappa shape index (κ1) is 17.8. The second kappa shape index (κ2) is 6.90. The lowest BCUT2D eigenvalue weighted by atomic mass is 9.93. The molecule has 0 atom stereocenters. The number of ketones is 2. The minimum Gasteiger partial charge on any atom is -0.300 e. The maximum Gasteiger partial charge on any atom is 0.342 e. The molecule has 0 unspecified atom stereocenters. The molecule has 1 aliphatic rings. The van der Waals surface area contributed by atoms with Gasteiger partial charge in [-0.15, -0.1) is 0 Å². The molecule has 1 saturated heterocycles. The molecule has 6 nitrogen and oxygen atoms in total. The third-order valence-corrected chi connectivity index (χ3v) is 5.51. The van der Waals surface area contributed by atoms with E-state index >= 15 is 0 Å². The Morgan fingerprint density at radius 2 is 1.70 bits per heavy atom. The lowest BCUT2D eigenvalue weighted by molar-refractivity contribution is -1.08. The van der Waals surface area contributed by atoms with Gasteiger partial charge in [-0.3, -0.25) is 9.59 Å². The molecule has 23 heavy (non-hydrogen) atoms. The summed E-state index contributed by atoms with van der Waals surface area (Å²) >= 11 is 0. The van der Waals surface area contributed by atoms with Crippen molar-refractivity contribution in [3.05, 3.63) is 30.3 Å². The number of likely N-dealkylation sites (tertiary alicyclic amines) is 1. The highest BCUT2D eigenvalue weighted by atomic mass is 32.2. The summed E-state index contributed by atoms with van der Waals surface area (Å²) < 4.78 is 30.2. The van der Waals surface area contributed by atoms with Crippen LogP contribution in [-0.4, -0.2) is 44.3 Å². The van der Waals surface area contributed by atoms with Crippen molar-refractivity contribution in [3.8, 4) is 0 Å². The van der Waals surface area contributed by atoms with Crippen molar-refractivity contribution in [2.45, 2.75) is 31.6 Å². The van der Waals surface area contributed by atoms with E-state index in [2.05, 4.69) is 0 Å². The van der Waals surface area contributed by atoms with Crippen molar-refractivity contribution in [1.29, 1.82) is 0 Å². The zero-order valence-corrected chi connectivity index (χ0v) is 14.2. The van der Waals surface area contributed by atoms with Gasteiger partial charge in [0, 0.05) is 25.7 Å².